The minimum Gasteiger partial charge on any atom is -0.368 e. The molecular formula is C24H31N5. The van der Waals surface area contributed by atoms with Crippen LogP contribution in [0.2, 0.25) is 0 Å². The van der Waals surface area contributed by atoms with Crippen LogP contribution in [0.3, 0.4) is 0 Å². The lowest BCUT2D eigenvalue weighted by Crippen LogP contribution is -2.60. The van der Waals surface area contributed by atoms with Gasteiger partial charge < -0.3 is 10.6 Å². The molecule has 2 aromatic rings. The summed E-state index contributed by atoms with van der Waals surface area (Å²) in [6.45, 7) is 3.46. The van der Waals surface area contributed by atoms with E-state index < -0.39 is 0 Å². The summed E-state index contributed by atoms with van der Waals surface area (Å²) in [4.78, 5) is 14.7. The zero-order chi connectivity index (χ0) is 19.4. The van der Waals surface area contributed by atoms with Crippen molar-refractivity contribution in [2.24, 2.45) is 11.8 Å². The number of benzene rings is 1. The largest absolute Gasteiger partial charge is 0.368 e. The first-order valence-corrected chi connectivity index (χ1v) is 11.5. The van der Waals surface area contributed by atoms with Crippen molar-refractivity contribution in [1.29, 1.82) is 0 Å². The van der Waals surface area contributed by atoms with Crippen LogP contribution in [0.5, 0.6) is 0 Å². The van der Waals surface area contributed by atoms with E-state index in [0.717, 1.165) is 43.6 Å². The van der Waals surface area contributed by atoms with Crippen LogP contribution in [0.4, 0.5) is 11.8 Å². The standard InChI is InChI=1S/C24H31N5/c25-24-26-20-9-4-8-19(20)23(27-24)28-13-16-12-18(15-28)22-11-5-10-21(29(22)14-16)17-6-2-1-3-7-17/h1-3,6-7,16,18,21-22H,4-5,8-15H2,(H2,25,26,27)/t16-,18+,21+,22-/m0/s1. The van der Waals surface area contributed by atoms with Crippen molar-refractivity contribution in [3.63, 3.8) is 0 Å². The predicted molar refractivity (Wildman–Crippen MR) is 116 cm³/mol. The van der Waals surface area contributed by atoms with Crippen LogP contribution in [0.1, 0.15) is 55.0 Å². The summed E-state index contributed by atoms with van der Waals surface area (Å²) in [6, 6.07) is 12.5. The second-order valence-corrected chi connectivity index (χ2v) is 9.57. The maximum atomic E-state index is 6.09. The summed E-state index contributed by atoms with van der Waals surface area (Å²) in [5, 5.41) is 0. The van der Waals surface area contributed by atoms with Crippen LogP contribution < -0.4 is 10.6 Å². The van der Waals surface area contributed by atoms with Crippen molar-refractivity contribution < 1.29 is 0 Å². The lowest BCUT2D eigenvalue weighted by Gasteiger charge is -2.55. The zero-order valence-electron chi connectivity index (χ0n) is 17.1. The van der Waals surface area contributed by atoms with Gasteiger partial charge in [0.05, 0.1) is 5.69 Å². The van der Waals surface area contributed by atoms with E-state index in [4.69, 9.17) is 10.7 Å². The molecule has 1 aliphatic carbocycles. The molecule has 4 aliphatic rings. The first-order chi connectivity index (χ1) is 14.3. The maximum absolute atomic E-state index is 6.09. The van der Waals surface area contributed by atoms with Crippen LogP contribution in [-0.2, 0) is 12.8 Å². The first-order valence-electron chi connectivity index (χ1n) is 11.5. The highest BCUT2D eigenvalue weighted by molar-refractivity contribution is 5.54. The number of nitrogens with zero attached hydrogens (tertiary/aromatic N) is 4. The Morgan fingerprint density at radius 1 is 0.931 bits per heavy atom. The lowest BCUT2D eigenvalue weighted by molar-refractivity contribution is -0.0201. The van der Waals surface area contributed by atoms with Gasteiger partial charge in [0, 0.05) is 37.3 Å². The number of piperidine rings is 3. The number of rotatable bonds is 2. The Balaban J connectivity index is 1.28. The fourth-order valence-corrected chi connectivity index (χ4v) is 6.71. The Morgan fingerprint density at radius 2 is 1.83 bits per heavy atom. The maximum Gasteiger partial charge on any atom is 0.222 e. The minimum atomic E-state index is 0.458. The molecule has 2 N–H and O–H groups in total. The molecule has 0 unspecified atom stereocenters. The van der Waals surface area contributed by atoms with Crippen molar-refractivity contribution in [3.05, 3.63) is 47.2 Å². The zero-order valence-corrected chi connectivity index (χ0v) is 17.1. The lowest BCUT2D eigenvalue weighted by atomic mass is 9.74. The third kappa shape index (κ3) is 3.02. The monoisotopic (exact) mass is 389 g/mol. The molecule has 1 aromatic carbocycles. The number of nitrogens with two attached hydrogens (primary N) is 1. The second-order valence-electron chi connectivity index (χ2n) is 9.57. The molecule has 3 aliphatic heterocycles. The van der Waals surface area contributed by atoms with Crippen molar-refractivity contribution in [1.82, 2.24) is 14.9 Å². The van der Waals surface area contributed by atoms with Gasteiger partial charge in [0.15, 0.2) is 0 Å². The fraction of sp³-hybridized carbons (Fsp3) is 0.583. The molecule has 3 fully saturated rings. The normalized spacial score (nSPS) is 31.4. The molecule has 0 spiro atoms. The molecule has 0 saturated carbocycles. The molecule has 5 nitrogen and oxygen atoms in total. The van der Waals surface area contributed by atoms with Crippen molar-refractivity contribution in [3.8, 4) is 0 Å². The molecule has 5 heteroatoms. The third-order valence-corrected chi connectivity index (χ3v) is 7.80. The van der Waals surface area contributed by atoms with Gasteiger partial charge in [-0.3, -0.25) is 4.90 Å². The average Bonchev–Trinajstić information content (AvgIpc) is 3.21. The number of nitrogen functional groups attached to an aromatic ring is 1. The van der Waals surface area contributed by atoms with Crippen molar-refractivity contribution >= 4 is 11.8 Å². The van der Waals surface area contributed by atoms with E-state index >= 15 is 0 Å². The number of anilines is 2. The highest BCUT2D eigenvalue weighted by Gasteiger charge is 2.45. The van der Waals surface area contributed by atoms with E-state index in [1.807, 2.05) is 0 Å². The van der Waals surface area contributed by atoms with Gasteiger partial charge in [0.2, 0.25) is 5.95 Å². The number of aryl methyl sites for hydroxylation is 1. The molecule has 0 radical (unpaired) electrons. The van der Waals surface area contributed by atoms with Gasteiger partial charge in [0.25, 0.3) is 0 Å². The Hall–Kier alpha value is -2.14. The van der Waals surface area contributed by atoms with E-state index in [1.54, 1.807) is 0 Å². The molecule has 0 amide bonds. The SMILES string of the molecule is Nc1nc2c(c(N3C[C@@H]4C[C@H](C3)[C@@H]3CCC[C@H](c5ccccc5)N3C4)n1)CCC2. The van der Waals surface area contributed by atoms with Crippen LogP contribution >= 0.6 is 0 Å². The van der Waals surface area contributed by atoms with E-state index in [9.17, 15) is 0 Å². The van der Waals surface area contributed by atoms with Crippen LogP contribution in [0, 0.1) is 11.8 Å². The molecule has 152 valence electrons. The van der Waals surface area contributed by atoms with Gasteiger partial charge in [-0.1, -0.05) is 30.3 Å². The van der Waals surface area contributed by atoms with E-state index in [1.165, 1.54) is 55.5 Å². The molecular weight excluding hydrogens is 358 g/mol. The summed E-state index contributed by atoms with van der Waals surface area (Å²) < 4.78 is 0. The van der Waals surface area contributed by atoms with Crippen LogP contribution in [0.25, 0.3) is 0 Å². The van der Waals surface area contributed by atoms with E-state index in [0.29, 0.717) is 18.0 Å². The molecule has 6 rings (SSSR count). The van der Waals surface area contributed by atoms with Gasteiger partial charge in [-0.2, -0.15) is 4.98 Å². The quantitative estimate of drug-likeness (QED) is 0.850. The van der Waals surface area contributed by atoms with Gasteiger partial charge >= 0.3 is 0 Å². The fourth-order valence-electron chi connectivity index (χ4n) is 6.71. The number of fused-ring (bicyclic) bond motifs is 5. The Bertz CT molecular complexity index is 898. The molecule has 4 atom stereocenters. The smallest absolute Gasteiger partial charge is 0.222 e. The van der Waals surface area contributed by atoms with Crippen LogP contribution in [-0.4, -0.2) is 40.5 Å². The number of aromatic nitrogens is 2. The molecule has 3 saturated heterocycles. The average molecular weight is 390 g/mol. The Kier molecular flexibility index (Phi) is 4.26. The third-order valence-electron chi connectivity index (χ3n) is 7.80. The topological polar surface area (TPSA) is 58.3 Å². The highest BCUT2D eigenvalue weighted by Crippen LogP contribution is 2.45. The van der Waals surface area contributed by atoms with Crippen molar-refractivity contribution in [2.75, 3.05) is 30.3 Å². The summed E-state index contributed by atoms with van der Waals surface area (Å²) >= 11 is 0. The number of hydrogen-bond acceptors (Lipinski definition) is 5. The Labute approximate surface area is 173 Å². The van der Waals surface area contributed by atoms with Gasteiger partial charge in [0.1, 0.15) is 5.82 Å². The minimum absolute atomic E-state index is 0.458. The first kappa shape index (κ1) is 17.7. The molecule has 1 aromatic heterocycles. The highest BCUT2D eigenvalue weighted by atomic mass is 15.3. The Morgan fingerprint density at radius 3 is 2.72 bits per heavy atom. The van der Waals surface area contributed by atoms with Gasteiger partial charge in [-0.25, -0.2) is 4.98 Å². The summed E-state index contributed by atoms with van der Waals surface area (Å²) in [6.07, 6.45) is 8.74. The van der Waals surface area contributed by atoms with E-state index in [-0.39, 0.29) is 0 Å². The molecule has 2 bridgehead atoms. The van der Waals surface area contributed by atoms with Gasteiger partial charge in [-0.05, 0) is 62.3 Å². The summed E-state index contributed by atoms with van der Waals surface area (Å²) in [5.74, 6) is 3.08. The van der Waals surface area contributed by atoms with Crippen molar-refractivity contribution in [2.45, 2.75) is 57.0 Å². The van der Waals surface area contributed by atoms with Crippen LogP contribution in [0.15, 0.2) is 30.3 Å². The van der Waals surface area contributed by atoms with Gasteiger partial charge in [-0.15, -0.1) is 0 Å². The molecule has 4 heterocycles. The summed E-state index contributed by atoms with van der Waals surface area (Å²) in [5.41, 5.74) is 10.2. The van der Waals surface area contributed by atoms with E-state index in [2.05, 4.69) is 45.1 Å². The second kappa shape index (κ2) is 6.98. The number of hydrogen-bond donors (Lipinski definition) is 1. The predicted octanol–water partition coefficient (Wildman–Crippen LogP) is 3.60. The summed E-state index contributed by atoms with van der Waals surface area (Å²) in [7, 11) is 0. The molecule has 29 heavy (non-hydrogen) atoms.